The van der Waals surface area contributed by atoms with Crippen molar-refractivity contribution in [1.29, 1.82) is 0 Å². The Kier molecular flexibility index (Phi) is 5.06. The Morgan fingerprint density at radius 3 is 2.45 bits per heavy atom. The summed E-state index contributed by atoms with van der Waals surface area (Å²) < 4.78 is 0. The van der Waals surface area contributed by atoms with Gasteiger partial charge >= 0.3 is 0 Å². The maximum absolute atomic E-state index is 3.38. The SMILES string of the molecule is CC(C)N1CCNC[C@H]1C.Cl. The van der Waals surface area contributed by atoms with E-state index in [0.29, 0.717) is 12.1 Å². The second kappa shape index (κ2) is 4.96. The average Bonchev–Trinajstić information content (AvgIpc) is 1.88. The van der Waals surface area contributed by atoms with Crippen LogP contribution in [-0.4, -0.2) is 36.6 Å². The molecule has 0 amide bonds. The van der Waals surface area contributed by atoms with Gasteiger partial charge in [0.05, 0.1) is 0 Å². The smallest absolute Gasteiger partial charge is 0.0195 e. The van der Waals surface area contributed by atoms with Gasteiger partial charge in [-0.2, -0.15) is 0 Å². The summed E-state index contributed by atoms with van der Waals surface area (Å²) in [7, 11) is 0. The Balaban J connectivity index is 0.000001000. The van der Waals surface area contributed by atoms with Crippen LogP contribution in [0, 0.1) is 0 Å². The molecule has 68 valence electrons. The molecule has 1 heterocycles. The molecule has 2 nitrogen and oxygen atoms in total. The molecule has 3 heteroatoms. The molecule has 1 fully saturated rings. The van der Waals surface area contributed by atoms with Gasteiger partial charge in [0.25, 0.3) is 0 Å². The van der Waals surface area contributed by atoms with E-state index in [4.69, 9.17) is 0 Å². The summed E-state index contributed by atoms with van der Waals surface area (Å²) in [6.07, 6.45) is 0. The molecule has 0 aromatic rings. The van der Waals surface area contributed by atoms with E-state index >= 15 is 0 Å². The molecule has 0 aromatic carbocycles. The van der Waals surface area contributed by atoms with Gasteiger partial charge in [-0.15, -0.1) is 12.4 Å². The van der Waals surface area contributed by atoms with E-state index in [0.717, 1.165) is 13.1 Å². The van der Waals surface area contributed by atoms with Crippen LogP contribution in [0.15, 0.2) is 0 Å². The molecule has 11 heavy (non-hydrogen) atoms. The van der Waals surface area contributed by atoms with Crippen LogP contribution in [-0.2, 0) is 0 Å². The molecule has 0 spiro atoms. The van der Waals surface area contributed by atoms with Crippen molar-refractivity contribution < 1.29 is 0 Å². The summed E-state index contributed by atoms with van der Waals surface area (Å²) in [5.41, 5.74) is 0. The lowest BCUT2D eigenvalue weighted by Gasteiger charge is -2.36. The largest absolute Gasteiger partial charge is 0.314 e. The first-order chi connectivity index (χ1) is 4.72. The molecular weight excluding hydrogens is 160 g/mol. The molecule has 0 radical (unpaired) electrons. The quantitative estimate of drug-likeness (QED) is 0.648. The summed E-state index contributed by atoms with van der Waals surface area (Å²) in [4.78, 5) is 2.54. The summed E-state index contributed by atoms with van der Waals surface area (Å²) in [5, 5.41) is 3.38. The second-order valence-corrected chi connectivity index (χ2v) is 3.38. The minimum absolute atomic E-state index is 0. The molecule has 1 N–H and O–H groups in total. The molecule has 1 aliphatic heterocycles. The highest BCUT2D eigenvalue weighted by Gasteiger charge is 2.19. The number of rotatable bonds is 1. The Morgan fingerprint density at radius 1 is 1.45 bits per heavy atom. The molecular formula is C8H19ClN2. The fraction of sp³-hybridized carbons (Fsp3) is 1.00. The Bertz CT molecular complexity index is 106. The van der Waals surface area contributed by atoms with E-state index in [-0.39, 0.29) is 12.4 Å². The van der Waals surface area contributed by atoms with Crippen LogP contribution < -0.4 is 5.32 Å². The van der Waals surface area contributed by atoms with Crippen molar-refractivity contribution in [2.45, 2.75) is 32.9 Å². The zero-order valence-corrected chi connectivity index (χ0v) is 8.45. The minimum atomic E-state index is 0. The predicted molar refractivity (Wildman–Crippen MR) is 51.4 cm³/mol. The third kappa shape index (κ3) is 2.97. The second-order valence-electron chi connectivity index (χ2n) is 3.38. The molecule has 0 unspecified atom stereocenters. The fourth-order valence-corrected chi connectivity index (χ4v) is 1.62. The van der Waals surface area contributed by atoms with E-state index in [1.807, 2.05) is 0 Å². The molecule has 1 rings (SSSR count). The zero-order valence-electron chi connectivity index (χ0n) is 7.63. The normalized spacial score (nSPS) is 26.7. The van der Waals surface area contributed by atoms with Crippen LogP contribution in [0.25, 0.3) is 0 Å². The summed E-state index contributed by atoms with van der Waals surface area (Å²) >= 11 is 0. The Hall–Kier alpha value is 0.210. The first kappa shape index (κ1) is 11.2. The van der Waals surface area contributed by atoms with Gasteiger partial charge < -0.3 is 5.32 Å². The number of hydrogen-bond donors (Lipinski definition) is 1. The molecule has 1 aliphatic rings. The Labute approximate surface area is 75.8 Å². The maximum atomic E-state index is 3.38. The highest BCUT2D eigenvalue weighted by molar-refractivity contribution is 5.85. The lowest BCUT2D eigenvalue weighted by Crippen LogP contribution is -2.52. The van der Waals surface area contributed by atoms with E-state index < -0.39 is 0 Å². The van der Waals surface area contributed by atoms with E-state index in [1.165, 1.54) is 6.54 Å². The van der Waals surface area contributed by atoms with Gasteiger partial charge in [-0.25, -0.2) is 0 Å². The van der Waals surface area contributed by atoms with Crippen molar-refractivity contribution >= 4 is 12.4 Å². The summed E-state index contributed by atoms with van der Waals surface area (Å²) in [6, 6.07) is 1.42. The standard InChI is InChI=1S/C8H18N2.ClH/c1-7(2)10-5-4-9-6-8(10)3;/h7-9H,4-6H2,1-3H3;1H/t8-;/m1./s1. The average molecular weight is 179 g/mol. The first-order valence-corrected chi connectivity index (χ1v) is 4.18. The first-order valence-electron chi connectivity index (χ1n) is 4.18. The highest BCUT2D eigenvalue weighted by Crippen LogP contribution is 2.06. The van der Waals surface area contributed by atoms with Crippen LogP contribution in [0.4, 0.5) is 0 Å². The van der Waals surface area contributed by atoms with Gasteiger partial charge in [-0.1, -0.05) is 0 Å². The van der Waals surface area contributed by atoms with E-state index in [9.17, 15) is 0 Å². The van der Waals surface area contributed by atoms with E-state index in [2.05, 4.69) is 31.0 Å². The molecule has 1 atom stereocenters. The number of nitrogens with one attached hydrogen (secondary N) is 1. The molecule has 0 aliphatic carbocycles. The topological polar surface area (TPSA) is 15.3 Å². The van der Waals surface area contributed by atoms with Crippen LogP contribution in [0.1, 0.15) is 20.8 Å². The molecule has 0 saturated carbocycles. The number of hydrogen-bond acceptors (Lipinski definition) is 2. The van der Waals surface area contributed by atoms with Crippen LogP contribution in [0.2, 0.25) is 0 Å². The van der Waals surface area contributed by atoms with Crippen molar-refractivity contribution in [2.75, 3.05) is 19.6 Å². The van der Waals surface area contributed by atoms with Crippen LogP contribution >= 0.6 is 12.4 Å². The van der Waals surface area contributed by atoms with Gasteiger partial charge in [-0.05, 0) is 20.8 Å². The lowest BCUT2D eigenvalue weighted by atomic mass is 10.2. The van der Waals surface area contributed by atoms with Crippen molar-refractivity contribution in [1.82, 2.24) is 10.2 Å². The zero-order chi connectivity index (χ0) is 7.56. The van der Waals surface area contributed by atoms with Crippen molar-refractivity contribution in [3.63, 3.8) is 0 Å². The Morgan fingerprint density at radius 2 is 2.09 bits per heavy atom. The number of halogens is 1. The predicted octanol–water partition coefficient (Wildman–Crippen LogP) is 1.11. The van der Waals surface area contributed by atoms with Gasteiger partial charge in [-0.3, -0.25) is 4.90 Å². The number of piperazine rings is 1. The van der Waals surface area contributed by atoms with Crippen molar-refractivity contribution in [3.8, 4) is 0 Å². The molecule has 0 aromatic heterocycles. The fourth-order valence-electron chi connectivity index (χ4n) is 1.62. The van der Waals surface area contributed by atoms with Crippen molar-refractivity contribution in [3.05, 3.63) is 0 Å². The molecule has 1 saturated heterocycles. The monoisotopic (exact) mass is 178 g/mol. The van der Waals surface area contributed by atoms with Gasteiger partial charge in [0.1, 0.15) is 0 Å². The van der Waals surface area contributed by atoms with Crippen LogP contribution in [0.5, 0.6) is 0 Å². The highest BCUT2D eigenvalue weighted by atomic mass is 35.5. The molecule has 0 bridgehead atoms. The summed E-state index contributed by atoms with van der Waals surface area (Å²) in [5.74, 6) is 0. The maximum Gasteiger partial charge on any atom is 0.0195 e. The third-order valence-electron chi connectivity index (χ3n) is 2.22. The lowest BCUT2D eigenvalue weighted by molar-refractivity contribution is 0.135. The van der Waals surface area contributed by atoms with Gasteiger partial charge in [0.15, 0.2) is 0 Å². The van der Waals surface area contributed by atoms with Crippen molar-refractivity contribution in [2.24, 2.45) is 0 Å². The van der Waals surface area contributed by atoms with Gasteiger partial charge in [0.2, 0.25) is 0 Å². The van der Waals surface area contributed by atoms with E-state index in [1.54, 1.807) is 0 Å². The van der Waals surface area contributed by atoms with Gasteiger partial charge in [0, 0.05) is 31.7 Å². The minimum Gasteiger partial charge on any atom is -0.314 e. The summed E-state index contributed by atoms with van der Waals surface area (Å²) in [6.45, 7) is 10.3. The number of nitrogens with zero attached hydrogens (tertiary/aromatic N) is 1. The third-order valence-corrected chi connectivity index (χ3v) is 2.22. The van der Waals surface area contributed by atoms with Crippen LogP contribution in [0.3, 0.4) is 0 Å².